The molecule has 0 saturated carbocycles. The number of nitrogens with one attached hydrogen (secondary N) is 2. The van der Waals surface area contributed by atoms with Crippen LogP contribution in [-0.4, -0.2) is 25.3 Å². The first kappa shape index (κ1) is 20.1. The summed E-state index contributed by atoms with van der Waals surface area (Å²) in [7, 11) is -0.175. The van der Waals surface area contributed by atoms with Crippen molar-refractivity contribution in [1.29, 1.82) is 0 Å². The van der Waals surface area contributed by atoms with E-state index in [1.165, 1.54) is 22.1 Å². The predicted octanol–water partition coefficient (Wildman–Crippen LogP) is 5.55. The maximum atomic E-state index is 6.05. The van der Waals surface area contributed by atoms with Crippen molar-refractivity contribution < 1.29 is 9.31 Å². The molecule has 2 N–H and O–H groups in total. The second kappa shape index (κ2) is 7.58. The molecular weight excluding hydrogens is 358 g/mol. The average molecular weight is 388 g/mol. The molecule has 2 aromatic carbocycles. The van der Waals surface area contributed by atoms with Gasteiger partial charge in [0.15, 0.2) is 0 Å². The molecule has 0 aromatic heterocycles. The summed E-state index contributed by atoms with van der Waals surface area (Å²) in [5.74, 6) is 2.52. The second-order valence-corrected chi connectivity index (χ2v) is 9.07. The van der Waals surface area contributed by atoms with E-state index in [0.29, 0.717) is 5.92 Å². The lowest BCUT2D eigenvalue weighted by atomic mass is 9.72. The molecule has 1 fully saturated rings. The largest absolute Gasteiger partial charge is 0.461 e. The number of hydrogen-bond donors (Lipinski definition) is 2. The number of hydrogen-bond acceptors (Lipinski definition) is 4. The summed E-state index contributed by atoms with van der Waals surface area (Å²) in [6.45, 7) is 10.6. The van der Waals surface area contributed by atoms with E-state index < -0.39 is 0 Å². The molecule has 4 nitrogen and oxygen atoms in total. The molecule has 4 rings (SSSR count). The highest BCUT2D eigenvalue weighted by molar-refractivity contribution is 6.72. The second-order valence-electron chi connectivity index (χ2n) is 9.07. The van der Waals surface area contributed by atoms with Crippen LogP contribution >= 0.6 is 0 Å². The lowest BCUT2D eigenvalue weighted by Gasteiger charge is -2.32. The minimum absolute atomic E-state index is 0.0782. The molecule has 1 atom stereocenters. The monoisotopic (exact) mass is 388 g/mol. The van der Waals surface area contributed by atoms with Crippen LogP contribution in [0.2, 0.25) is 6.32 Å². The maximum absolute atomic E-state index is 6.05. The maximum Gasteiger partial charge on any atom is 0.461 e. The summed E-state index contributed by atoms with van der Waals surface area (Å²) in [5.41, 5.74) is 1.81. The minimum atomic E-state index is -0.269. The molecule has 1 saturated heterocycles. The number of anilines is 2. The van der Waals surface area contributed by atoms with Gasteiger partial charge < -0.3 is 19.8 Å². The Kier molecular flexibility index (Phi) is 5.26. The third kappa shape index (κ3) is 4.10. The van der Waals surface area contributed by atoms with E-state index in [-0.39, 0.29) is 25.3 Å². The van der Waals surface area contributed by atoms with Crippen molar-refractivity contribution in [2.24, 2.45) is 5.92 Å². The summed E-state index contributed by atoms with van der Waals surface area (Å²) >= 11 is 0. The fourth-order valence-corrected chi connectivity index (χ4v) is 3.87. The molecule has 2 heterocycles. The Hall–Kier alpha value is -2.17. The fourth-order valence-electron chi connectivity index (χ4n) is 3.87. The van der Waals surface area contributed by atoms with Crippen molar-refractivity contribution in [2.45, 2.75) is 52.1 Å². The summed E-state index contributed by atoms with van der Waals surface area (Å²) in [5, 5.41) is 9.66. The van der Waals surface area contributed by atoms with Gasteiger partial charge >= 0.3 is 14.1 Å². The van der Waals surface area contributed by atoms with Gasteiger partial charge in [-0.15, -0.1) is 0 Å². The van der Waals surface area contributed by atoms with E-state index in [1.54, 1.807) is 0 Å². The lowest BCUT2D eigenvalue weighted by Crippen LogP contribution is -2.41. The minimum Gasteiger partial charge on any atom is -0.405 e. The van der Waals surface area contributed by atoms with Crippen LogP contribution in [0, 0.1) is 5.92 Å². The molecule has 0 unspecified atom stereocenters. The molecule has 0 spiro atoms. The molecule has 0 radical (unpaired) electrons. The zero-order valence-corrected chi connectivity index (χ0v) is 18.0. The SMILES string of the molecule is C[C@H](/C=C\CB1OC(C)(C)C(C)(C)O1)/C=C\B1Nc2cccc3cccc(c23)N1. The van der Waals surface area contributed by atoms with Crippen molar-refractivity contribution in [3.8, 4) is 0 Å². The zero-order chi connectivity index (χ0) is 20.6. The Morgan fingerprint density at radius 2 is 1.52 bits per heavy atom. The van der Waals surface area contributed by atoms with Gasteiger partial charge in [0, 0.05) is 23.1 Å². The Bertz CT molecular complexity index is 898. The first-order valence-electron chi connectivity index (χ1n) is 10.5. The zero-order valence-electron chi connectivity index (χ0n) is 18.0. The van der Waals surface area contributed by atoms with Crippen LogP contribution in [0.4, 0.5) is 11.4 Å². The van der Waals surface area contributed by atoms with Gasteiger partial charge in [0.05, 0.1) is 11.2 Å². The number of allylic oxidation sites excluding steroid dienone is 3. The van der Waals surface area contributed by atoms with Crippen LogP contribution in [0.5, 0.6) is 0 Å². The van der Waals surface area contributed by atoms with Gasteiger partial charge in [0.25, 0.3) is 0 Å². The Balaban J connectivity index is 1.34. The highest BCUT2D eigenvalue weighted by atomic mass is 16.7. The van der Waals surface area contributed by atoms with Gasteiger partial charge in [-0.2, -0.15) is 0 Å². The van der Waals surface area contributed by atoms with Crippen LogP contribution in [-0.2, 0) is 9.31 Å². The van der Waals surface area contributed by atoms with E-state index in [2.05, 4.69) is 106 Å². The van der Waals surface area contributed by atoms with E-state index in [0.717, 1.165) is 6.32 Å². The van der Waals surface area contributed by atoms with Crippen molar-refractivity contribution in [1.82, 2.24) is 0 Å². The summed E-state index contributed by atoms with van der Waals surface area (Å²) < 4.78 is 12.1. The van der Waals surface area contributed by atoms with Crippen LogP contribution in [0.1, 0.15) is 34.6 Å². The number of benzene rings is 2. The quantitative estimate of drug-likeness (QED) is 0.521. The van der Waals surface area contributed by atoms with E-state index in [9.17, 15) is 0 Å². The summed E-state index contributed by atoms with van der Waals surface area (Å²) in [6.07, 6.45) is 7.35. The smallest absolute Gasteiger partial charge is 0.405 e. The molecule has 6 heteroatoms. The van der Waals surface area contributed by atoms with Crippen LogP contribution < -0.4 is 10.5 Å². The van der Waals surface area contributed by atoms with Gasteiger partial charge in [-0.3, -0.25) is 0 Å². The highest BCUT2D eigenvalue weighted by Gasteiger charge is 2.50. The lowest BCUT2D eigenvalue weighted by molar-refractivity contribution is 0.00578. The van der Waals surface area contributed by atoms with Crippen molar-refractivity contribution in [3.05, 3.63) is 60.6 Å². The van der Waals surface area contributed by atoms with Gasteiger partial charge in [0.1, 0.15) is 0 Å². The molecule has 0 amide bonds. The van der Waals surface area contributed by atoms with Gasteiger partial charge in [0.2, 0.25) is 0 Å². The average Bonchev–Trinajstić information content (AvgIpc) is 2.87. The van der Waals surface area contributed by atoms with Gasteiger partial charge in [-0.05, 0) is 51.1 Å². The van der Waals surface area contributed by atoms with Crippen molar-refractivity contribution in [2.75, 3.05) is 10.5 Å². The molecule has 2 aliphatic rings. The Morgan fingerprint density at radius 1 is 0.931 bits per heavy atom. The van der Waals surface area contributed by atoms with Crippen LogP contribution in [0.3, 0.4) is 0 Å². The van der Waals surface area contributed by atoms with Crippen LogP contribution in [0.15, 0.2) is 60.6 Å². The van der Waals surface area contributed by atoms with E-state index >= 15 is 0 Å². The van der Waals surface area contributed by atoms with E-state index in [4.69, 9.17) is 9.31 Å². The number of rotatable bonds is 5. The Labute approximate surface area is 175 Å². The topological polar surface area (TPSA) is 42.5 Å². The van der Waals surface area contributed by atoms with E-state index in [1.807, 2.05) is 0 Å². The standard InChI is InChI=1S/C23H30B2N2O2/c1-17(9-8-15-25-28-22(2,3)23(4,5)29-25)14-16-24-26-19-12-6-10-18-11-7-13-20(27-24)21(18)19/h6-14,16-17,26-27H,15H2,1-5H3/b9-8-,16-14-/t17-/m1/s1. The molecule has 2 aliphatic heterocycles. The highest BCUT2D eigenvalue weighted by Crippen LogP contribution is 2.38. The predicted molar refractivity (Wildman–Crippen MR) is 125 cm³/mol. The van der Waals surface area contributed by atoms with Crippen LogP contribution in [0.25, 0.3) is 10.8 Å². The molecule has 0 bridgehead atoms. The molecule has 29 heavy (non-hydrogen) atoms. The third-order valence-corrected chi connectivity index (χ3v) is 6.20. The normalized spacial score (nSPS) is 21.0. The molecule has 0 aliphatic carbocycles. The Morgan fingerprint density at radius 3 is 2.10 bits per heavy atom. The molecular formula is C23H30B2N2O2. The first-order chi connectivity index (χ1) is 13.7. The fraction of sp³-hybridized carbons (Fsp3) is 0.391. The summed E-state index contributed by atoms with van der Waals surface area (Å²) in [6, 6.07) is 12.8. The third-order valence-electron chi connectivity index (χ3n) is 6.20. The van der Waals surface area contributed by atoms with Gasteiger partial charge in [-0.25, -0.2) is 0 Å². The van der Waals surface area contributed by atoms with Gasteiger partial charge in [-0.1, -0.05) is 55.4 Å². The van der Waals surface area contributed by atoms with Crippen molar-refractivity contribution >= 4 is 36.2 Å². The molecule has 2 aromatic rings. The summed E-state index contributed by atoms with van der Waals surface area (Å²) in [4.78, 5) is 0. The molecule has 150 valence electrons. The van der Waals surface area contributed by atoms with Crippen molar-refractivity contribution in [3.63, 3.8) is 0 Å². The first-order valence-corrected chi connectivity index (χ1v) is 10.5.